The Hall–Kier alpha value is -4.24. The summed E-state index contributed by atoms with van der Waals surface area (Å²) in [6.45, 7) is 7.32. The lowest BCUT2D eigenvalue weighted by Crippen LogP contribution is -2.58. The maximum atomic E-state index is 14.2. The number of hydrogen-bond donors (Lipinski definition) is 2. The third kappa shape index (κ3) is 7.84. The monoisotopic (exact) mass is 685 g/mol. The van der Waals surface area contributed by atoms with Gasteiger partial charge in [0.15, 0.2) is 0 Å². The molecule has 1 fully saturated rings. The average molecular weight is 686 g/mol. The van der Waals surface area contributed by atoms with E-state index in [0.29, 0.717) is 22.9 Å². The van der Waals surface area contributed by atoms with E-state index in [2.05, 4.69) is 4.98 Å². The van der Waals surface area contributed by atoms with Crippen molar-refractivity contribution in [2.24, 2.45) is 17.6 Å². The van der Waals surface area contributed by atoms with Gasteiger partial charge in [0.25, 0.3) is 39.5 Å². The molecule has 3 N–H and O–H groups in total. The van der Waals surface area contributed by atoms with Gasteiger partial charge in [-0.05, 0) is 79.8 Å². The first-order chi connectivity index (χ1) is 22.1. The molecule has 1 unspecified atom stereocenters. The number of nitrogens with two attached hydrogens (primary N) is 1. The Morgan fingerprint density at radius 1 is 0.979 bits per heavy atom. The Kier molecular flexibility index (Phi) is 11.1. The summed E-state index contributed by atoms with van der Waals surface area (Å²) in [5, 5.41) is 0.316. The summed E-state index contributed by atoms with van der Waals surface area (Å²) in [7, 11) is -4.23. The molecule has 1 aliphatic rings. The van der Waals surface area contributed by atoms with Gasteiger partial charge in [-0.15, -0.1) is 0 Å². The zero-order valence-corrected chi connectivity index (χ0v) is 27.8. The Morgan fingerprint density at radius 2 is 1.60 bits per heavy atom. The van der Waals surface area contributed by atoms with Gasteiger partial charge in [0.1, 0.15) is 6.26 Å². The van der Waals surface area contributed by atoms with Crippen molar-refractivity contribution >= 4 is 51.0 Å². The van der Waals surface area contributed by atoms with Crippen LogP contribution in [-0.4, -0.2) is 77.3 Å². The van der Waals surface area contributed by atoms with Crippen LogP contribution in [0.25, 0.3) is 0 Å². The summed E-state index contributed by atoms with van der Waals surface area (Å²) < 4.78 is 32.5. The number of Topliss-reactive ketones (excluding diaryl/α,β-unsaturated/α-hetero) is 1. The number of aromatic nitrogens is 1. The summed E-state index contributed by atoms with van der Waals surface area (Å²) >= 11 is 5.82. The van der Waals surface area contributed by atoms with Crippen LogP contribution in [0.15, 0.2) is 70.3 Å². The second-order valence-electron chi connectivity index (χ2n) is 11.8. The lowest BCUT2D eigenvalue weighted by atomic mass is 9.96. The number of likely N-dealkylation sites (tertiary alicyclic amines) is 1. The molecule has 0 aliphatic carbocycles. The minimum atomic E-state index is -4.23. The molecule has 2 aromatic carbocycles. The fraction of sp³-hybridized carbons (Fsp3) is 0.375. The van der Waals surface area contributed by atoms with Crippen LogP contribution in [0.1, 0.15) is 71.9 Å². The lowest BCUT2D eigenvalue weighted by Gasteiger charge is -2.35. The molecule has 1 aromatic heterocycles. The summed E-state index contributed by atoms with van der Waals surface area (Å²) in [5.41, 5.74) is 5.92. The SMILES string of the molecule is CC(C)C(C(=O)c1ncco1)N1CCC[C@H]1C(=O)N(C(=O)c1ccc(C(=O)NS(=O)(=O)c2ccc(Cl)cc2)cc1)C(=O)[C@@H](N)C(C)C. The standard InChI is InChI=1S/C32H36ClN5O8S/c1-18(2)25(34)32(43)38(31(42)24-6-5-16-37(24)26(19(3)4)27(39)29-35-15-17-46-29)30(41)21-9-7-20(8-10-21)28(40)36-47(44,45)23-13-11-22(33)12-14-23/h7-15,17-19,24-26H,5-6,16,34H2,1-4H3,(H,36,40)/t24-,25-,26?/m0/s1. The van der Waals surface area contributed by atoms with E-state index in [1.54, 1.807) is 18.7 Å². The molecular weight excluding hydrogens is 650 g/mol. The first kappa shape index (κ1) is 35.6. The van der Waals surface area contributed by atoms with Gasteiger partial charge in [0.05, 0.1) is 29.2 Å². The van der Waals surface area contributed by atoms with E-state index in [0.717, 1.165) is 0 Å². The first-order valence-electron chi connectivity index (χ1n) is 14.9. The molecule has 47 heavy (non-hydrogen) atoms. The largest absolute Gasteiger partial charge is 0.442 e. The van der Waals surface area contributed by atoms with Crippen LogP contribution in [0.5, 0.6) is 0 Å². The number of nitrogens with zero attached hydrogens (tertiary/aromatic N) is 3. The number of oxazole rings is 1. The molecule has 1 aliphatic heterocycles. The molecule has 0 radical (unpaired) electrons. The molecule has 1 saturated heterocycles. The third-order valence-corrected chi connectivity index (χ3v) is 9.47. The number of hydrogen-bond acceptors (Lipinski definition) is 11. The highest BCUT2D eigenvalue weighted by molar-refractivity contribution is 7.90. The molecule has 13 nitrogen and oxygen atoms in total. The first-order valence-corrected chi connectivity index (χ1v) is 16.8. The number of imide groups is 3. The van der Waals surface area contributed by atoms with Gasteiger partial charge >= 0.3 is 0 Å². The van der Waals surface area contributed by atoms with Crippen LogP contribution in [0, 0.1) is 11.8 Å². The van der Waals surface area contributed by atoms with Crippen LogP contribution in [-0.2, 0) is 19.6 Å². The molecule has 4 amide bonds. The number of carbonyl (C=O) groups excluding carboxylic acids is 5. The molecule has 2 heterocycles. The molecule has 3 aromatic rings. The smallest absolute Gasteiger partial charge is 0.267 e. The Balaban J connectivity index is 1.61. The Bertz CT molecular complexity index is 1740. The predicted molar refractivity (Wildman–Crippen MR) is 171 cm³/mol. The number of sulfonamides is 1. The van der Waals surface area contributed by atoms with Crippen LogP contribution in [0.3, 0.4) is 0 Å². The molecule has 4 rings (SSSR count). The number of carbonyl (C=O) groups is 5. The van der Waals surface area contributed by atoms with Crippen molar-refractivity contribution in [2.45, 2.75) is 63.6 Å². The van der Waals surface area contributed by atoms with Gasteiger partial charge in [-0.2, -0.15) is 0 Å². The number of ketones is 1. The molecule has 3 atom stereocenters. The quantitative estimate of drug-likeness (QED) is 0.222. The predicted octanol–water partition coefficient (Wildman–Crippen LogP) is 3.30. The van der Waals surface area contributed by atoms with Gasteiger partial charge < -0.3 is 10.2 Å². The van der Waals surface area contributed by atoms with Crippen molar-refractivity contribution in [2.75, 3.05) is 6.54 Å². The maximum Gasteiger partial charge on any atom is 0.267 e. The second-order valence-corrected chi connectivity index (χ2v) is 14.0. The van der Waals surface area contributed by atoms with Crippen LogP contribution in [0.2, 0.25) is 5.02 Å². The van der Waals surface area contributed by atoms with Gasteiger partial charge in [-0.3, -0.25) is 28.9 Å². The number of nitrogens with one attached hydrogen (secondary N) is 1. The van der Waals surface area contributed by atoms with Crippen molar-refractivity contribution < 1.29 is 36.8 Å². The van der Waals surface area contributed by atoms with Gasteiger partial charge in [-0.1, -0.05) is 39.3 Å². The van der Waals surface area contributed by atoms with Crippen LogP contribution < -0.4 is 10.5 Å². The summed E-state index contributed by atoms with van der Waals surface area (Å²) in [6.07, 6.45) is 3.41. The highest BCUT2D eigenvalue weighted by atomic mass is 35.5. The number of amides is 4. The fourth-order valence-electron chi connectivity index (χ4n) is 5.33. The minimum absolute atomic E-state index is 0.103. The van der Waals surface area contributed by atoms with E-state index >= 15 is 0 Å². The normalized spacial score (nSPS) is 16.6. The molecule has 15 heteroatoms. The van der Waals surface area contributed by atoms with Crippen molar-refractivity contribution in [3.8, 4) is 0 Å². The lowest BCUT2D eigenvalue weighted by molar-refractivity contribution is -0.145. The summed E-state index contributed by atoms with van der Waals surface area (Å²) in [5.74, 6) is -4.95. The fourth-order valence-corrected chi connectivity index (χ4v) is 6.43. The van der Waals surface area contributed by atoms with Crippen molar-refractivity contribution in [1.29, 1.82) is 0 Å². The van der Waals surface area contributed by atoms with E-state index in [9.17, 15) is 32.4 Å². The van der Waals surface area contributed by atoms with E-state index in [1.165, 1.54) is 61.0 Å². The summed E-state index contributed by atoms with van der Waals surface area (Å²) in [6, 6.07) is 6.98. The van der Waals surface area contributed by atoms with Crippen molar-refractivity contribution in [3.63, 3.8) is 0 Å². The van der Waals surface area contributed by atoms with E-state index in [-0.39, 0.29) is 34.3 Å². The van der Waals surface area contributed by atoms with E-state index in [4.69, 9.17) is 21.8 Å². The number of rotatable bonds is 11. The van der Waals surface area contributed by atoms with E-state index in [1.807, 2.05) is 18.6 Å². The summed E-state index contributed by atoms with van der Waals surface area (Å²) in [4.78, 5) is 73.8. The van der Waals surface area contributed by atoms with Crippen molar-refractivity contribution in [3.05, 3.63) is 83.0 Å². The zero-order valence-electron chi connectivity index (χ0n) is 26.3. The molecule has 0 saturated carbocycles. The highest BCUT2D eigenvalue weighted by Gasteiger charge is 2.46. The average Bonchev–Trinajstić information content (AvgIpc) is 3.74. The van der Waals surface area contributed by atoms with E-state index < -0.39 is 63.5 Å². The second kappa shape index (κ2) is 14.7. The molecule has 0 bridgehead atoms. The zero-order chi connectivity index (χ0) is 34.6. The van der Waals surface area contributed by atoms with Gasteiger partial charge in [0.2, 0.25) is 5.78 Å². The Labute approximate surface area is 277 Å². The van der Waals surface area contributed by atoms with Gasteiger partial charge in [0, 0.05) is 16.1 Å². The molecule has 0 spiro atoms. The number of benzene rings is 2. The minimum Gasteiger partial charge on any atom is -0.442 e. The highest BCUT2D eigenvalue weighted by Crippen LogP contribution is 2.28. The topological polar surface area (TPSA) is 190 Å². The van der Waals surface area contributed by atoms with Crippen LogP contribution in [0.4, 0.5) is 0 Å². The Morgan fingerprint density at radius 3 is 2.15 bits per heavy atom. The van der Waals surface area contributed by atoms with Crippen molar-refractivity contribution in [1.82, 2.24) is 19.5 Å². The molecular formula is C32H36ClN5O8S. The third-order valence-electron chi connectivity index (χ3n) is 7.87. The number of halogens is 1. The maximum absolute atomic E-state index is 14.2. The molecule has 250 valence electrons. The van der Waals surface area contributed by atoms with Gasteiger partial charge in [-0.25, -0.2) is 23.0 Å². The van der Waals surface area contributed by atoms with Crippen LogP contribution >= 0.6 is 11.6 Å².